The Morgan fingerprint density at radius 2 is 2.19 bits per heavy atom. The zero-order valence-electron chi connectivity index (χ0n) is 8.80. The summed E-state index contributed by atoms with van der Waals surface area (Å²) in [6, 6.07) is 4.78. The van der Waals surface area contributed by atoms with Crippen LogP contribution in [0.15, 0.2) is 23.1 Å². The molecule has 1 aliphatic rings. The lowest BCUT2D eigenvalue weighted by molar-refractivity contribution is -0.136. The Balaban J connectivity index is 2.45. The van der Waals surface area contributed by atoms with E-state index in [2.05, 4.69) is 0 Å². The van der Waals surface area contributed by atoms with Crippen LogP contribution in [0.1, 0.15) is 18.1 Å². The number of benzene rings is 1. The second-order valence-electron chi connectivity index (χ2n) is 4.07. The smallest absolute Gasteiger partial charge is 0.307 e. The van der Waals surface area contributed by atoms with Crippen LogP contribution in [0.25, 0.3) is 0 Å². The Labute approximate surface area is 93.8 Å². The van der Waals surface area contributed by atoms with Crippen molar-refractivity contribution in [3.8, 4) is 0 Å². The molecule has 2 rings (SSSR count). The van der Waals surface area contributed by atoms with Crippen LogP contribution < -0.4 is 0 Å². The number of carboxylic acid groups (broad SMARTS) is 1. The number of hydrogen-bond acceptors (Lipinski definition) is 3. The fourth-order valence-corrected chi connectivity index (χ4v) is 3.59. The summed E-state index contributed by atoms with van der Waals surface area (Å²) in [7, 11) is -3.18. The van der Waals surface area contributed by atoms with E-state index >= 15 is 0 Å². The van der Waals surface area contributed by atoms with Crippen LogP contribution in [0.2, 0.25) is 0 Å². The molecule has 5 heteroatoms. The molecule has 0 bridgehead atoms. The topological polar surface area (TPSA) is 71.4 Å². The molecule has 0 spiro atoms. The predicted molar refractivity (Wildman–Crippen MR) is 58.1 cm³/mol. The van der Waals surface area contributed by atoms with Crippen molar-refractivity contribution in [2.24, 2.45) is 0 Å². The molecular weight excluding hydrogens is 228 g/mol. The van der Waals surface area contributed by atoms with Gasteiger partial charge < -0.3 is 5.11 Å². The van der Waals surface area contributed by atoms with Gasteiger partial charge >= 0.3 is 5.97 Å². The monoisotopic (exact) mass is 240 g/mol. The SMILES string of the molecule is CC1Cc2cc(CC(=O)O)ccc2S1(=O)=O. The maximum atomic E-state index is 11.8. The van der Waals surface area contributed by atoms with Gasteiger partial charge in [-0.1, -0.05) is 12.1 Å². The first-order chi connectivity index (χ1) is 7.41. The van der Waals surface area contributed by atoms with Gasteiger partial charge in [0.05, 0.1) is 16.6 Å². The summed E-state index contributed by atoms with van der Waals surface area (Å²) in [6.45, 7) is 1.67. The Morgan fingerprint density at radius 3 is 2.81 bits per heavy atom. The summed E-state index contributed by atoms with van der Waals surface area (Å²) in [5.74, 6) is -0.908. The van der Waals surface area contributed by atoms with Gasteiger partial charge in [0.2, 0.25) is 0 Å². The molecule has 0 fully saturated rings. The lowest BCUT2D eigenvalue weighted by atomic mass is 10.1. The predicted octanol–water partition coefficient (Wildman–Crippen LogP) is 1.03. The molecule has 1 aliphatic heterocycles. The van der Waals surface area contributed by atoms with E-state index in [9.17, 15) is 13.2 Å². The highest BCUT2D eigenvalue weighted by molar-refractivity contribution is 7.92. The van der Waals surface area contributed by atoms with Crippen molar-refractivity contribution < 1.29 is 18.3 Å². The molecule has 1 aromatic rings. The van der Waals surface area contributed by atoms with E-state index in [4.69, 9.17) is 5.11 Å². The zero-order chi connectivity index (χ0) is 11.9. The minimum Gasteiger partial charge on any atom is -0.481 e. The summed E-state index contributed by atoms with van der Waals surface area (Å²) >= 11 is 0. The normalized spacial score (nSPS) is 21.7. The molecule has 0 saturated carbocycles. The van der Waals surface area contributed by atoms with Crippen LogP contribution in [0, 0.1) is 0 Å². The average molecular weight is 240 g/mol. The molecule has 1 aromatic carbocycles. The standard InChI is InChI=1S/C11H12O4S/c1-7-4-9-5-8(6-11(12)13)2-3-10(9)16(7,14)15/h2-3,5,7H,4,6H2,1H3,(H,12,13). The van der Waals surface area contributed by atoms with Gasteiger partial charge in [0.15, 0.2) is 9.84 Å². The summed E-state index contributed by atoms with van der Waals surface area (Å²) in [5.41, 5.74) is 1.39. The second kappa shape index (κ2) is 3.59. The molecule has 86 valence electrons. The number of hydrogen-bond donors (Lipinski definition) is 1. The van der Waals surface area contributed by atoms with Crippen LogP contribution >= 0.6 is 0 Å². The fraction of sp³-hybridized carbons (Fsp3) is 0.364. The third kappa shape index (κ3) is 1.71. The lowest BCUT2D eigenvalue weighted by Gasteiger charge is -2.01. The van der Waals surface area contributed by atoms with Gasteiger partial charge in [0.25, 0.3) is 0 Å². The fourth-order valence-electron chi connectivity index (χ4n) is 1.99. The van der Waals surface area contributed by atoms with Crippen LogP contribution in [-0.2, 0) is 27.5 Å². The lowest BCUT2D eigenvalue weighted by Crippen LogP contribution is -2.11. The minimum absolute atomic E-state index is 0.0677. The van der Waals surface area contributed by atoms with E-state index in [0.717, 1.165) is 5.56 Å². The molecule has 0 saturated heterocycles. The maximum absolute atomic E-state index is 11.8. The summed E-state index contributed by atoms with van der Waals surface area (Å²) in [5, 5.41) is 8.25. The van der Waals surface area contributed by atoms with Crippen molar-refractivity contribution in [2.45, 2.75) is 29.9 Å². The van der Waals surface area contributed by atoms with Gasteiger partial charge in [-0.2, -0.15) is 0 Å². The van der Waals surface area contributed by atoms with Crippen molar-refractivity contribution in [3.05, 3.63) is 29.3 Å². The number of rotatable bonds is 2. The minimum atomic E-state index is -3.18. The van der Waals surface area contributed by atoms with E-state index in [1.165, 1.54) is 6.07 Å². The number of fused-ring (bicyclic) bond motifs is 1. The Morgan fingerprint density at radius 1 is 1.50 bits per heavy atom. The molecule has 4 nitrogen and oxygen atoms in total. The molecule has 1 heterocycles. The van der Waals surface area contributed by atoms with Crippen molar-refractivity contribution in [1.82, 2.24) is 0 Å². The highest BCUT2D eigenvalue weighted by atomic mass is 32.2. The van der Waals surface area contributed by atoms with E-state index < -0.39 is 21.1 Å². The summed E-state index contributed by atoms with van der Waals surface area (Å²) < 4.78 is 23.6. The van der Waals surface area contributed by atoms with Gasteiger partial charge in [-0.3, -0.25) is 4.79 Å². The zero-order valence-corrected chi connectivity index (χ0v) is 9.62. The molecule has 1 atom stereocenters. The van der Waals surface area contributed by atoms with E-state index in [1.807, 2.05) is 0 Å². The van der Waals surface area contributed by atoms with E-state index in [0.29, 0.717) is 16.9 Å². The Hall–Kier alpha value is -1.36. The third-order valence-corrected chi connectivity index (χ3v) is 5.06. The number of carboxylic acids is 1. The van der Waals surface area contributed by atoms with Crippen molar-refractivity contribution in [2.75, 3.05) is 0 Å². The van der Waals surface area contributed by atoms with Crippen LogP contribution in [0.3, 0.4) is 0 Å². The largest absolute Gasteiger partial charge is 0.481 e. The van der Waals surface area contributed by atoms with Crippen LogP contribution in [0.5, 0.6) is 0 Å². The highest BCUT2D eigenvalue weighted by Gasteiger charge is 2.33. The van der Waals surface area contributed by atoms with Crippen molar-refractivity contribution in [3.63, 3.8) is 0 Å². The molecule has 0 amide bonds. The highest BCUT2D eigenvalue weighted by Crippen LogP contribution is 2.31. The van der Waals surface area contributed by atoms with Gasteiger partial charge in [0.1, 0.15) is 0 Å². The number of carbonyl (C=O) groups is 1. The second-order valence-corrected chi connectivity index (χ2v) is 6.41. The molecular formula is C11H12O4S. The van der Waals surface area contributed by atoms with Gasteiger partial charge in [-0.25, -0.2) is 8.42 Å². The maximum Gasteiger partial charge on any atom is 0.307 e. The van der Waals surface area contributed by atoms with Crippen LogP contribution in [-0.4, -0.2) is 24.7 Å². The van der Waals surface area contributed by atoms with E-state index in [1.54, 1.807) is 19.1 Å². The molecule has 1 N–H and O–H groups in total. The Kier molecular flexibility index (Phi) is 2.50. The molecule has 1 unspecified atom stereocenters. The van der Waals surface area contributed by atoms with E-state index in [-0.39, 0.29) is 6.42 Å². The van der Waals surface area contributed by atoms with Crippen molar-refractivity contribution in [1.29, 1.82) is 0 Å². The third-order valence-electron chi connectivity index (χ3n) is 2.82. The van der Waals surface area contributed by atoms with Crippen molar-refractivity contribution >= 4 is 15.8 Å². The first-order valence-electron chi connectivity index (χ1n) is 4.99. The summed E-state index contributed by atoms with van der Waals surface area (Å²) in [4.78, 5) is 10.9. The average Bonchev–Trinajstić information content (AvgIpc) is 2.36. The molecule has 16 heavy (non-hydrogen) atoms. The first-order valence-corrected chi connectivity index (χ1v) is 6.53. The van der Waals surface area contributed by atoms with Crippen LogP contribution in [0.4, 0.5) is 0 Å². The quantitative estimate of drug-likeness (QED) is 0.838. The van der Waals surface area contributed by atoms with Gasteiger partial charge in [-0.15, -0.1) is 0 Å². The molecule has 0 radical (unpaired) electrons. The Bertz CT molecular complexity index is 545. The first kappa shape index (κ1) is 11.1. The van der Waals surface area contributed by atoms with Gasteiger partial charge in [0, 0.05) is 0 Å². The van der Waals surface area contributed by atoms with Gasteiger partial charge in [-0.05, 0) is 30.5 Å². The molecule has 0 aromatic heterocycles. The number of aliphatic carboxylic acids is 1. The molecule has 0 aliphatic carbocycles. The number of sulfone groups is 1. The summed E-state index contributed by atoms with van der Waals surface area (Å²) in [6.07, 6.45) is 0.410.